The van der Waals surface area contributed by atoms with E-state index in [4.69, 9.17) is 21.9 Å². The Morgan fingerprint density at radius 2 is 1.98 bits per heavy atom. The summed E-state index contributed by atoms with van der Waals surface area (Å²) in [5, 5.41) is 21.6. The fourth-order valence-corrected chi connectivity index (χ4v) is 8.08. The number of aromatic hydroxyl groups is 1. The Labute approximate surface area is 288 Å². The second-order valence-electron chi connectivity index (χ2n) is 14.0. The molecule has 4 aromatic rings. The minimum atomic E-state index is -0.821. The highest BCUT2D eigenvalue weighted by molar-refractivity contribution is 6.03. The zero-order valence-corrected chi connectivity index (χ0v) is 27.8. The standard InChI is InChI=1S/C38H37F2N7O3/c1-3-26-29(39)8-7-24-16-25(48)17-27(31(24)26)33-32(40)34-28(19-43-33)35(45-36(44-34)50-22-38-10-4-13-47(38)14-5-11-38)46-15-12-37(2,21-41)18-23(20-46)6-9-30(42)49/h1,6-9,16-17,19,23,48H,4-5,10-15,18,20,22H2,2H3,(H2,42,49)/t23-,37+/m1/s1. The van der Waals surface area contributed by atoms with E-state index in [1.54, 1.807) is 6.08 Å². The fourth-order valence-electron chi connectivity index (χ4n) is 8.08. The van der Waals surface area contributed by atoms with E-state index in [1.165, 1.54) is 36.5 Å². The van der Waals surface area contributed by atoms with Crippen LogP contribution in [0.1, 0.15) is 51.0 Å². The number of amides is 1. The summed E-state index contributed by atoms with van der Waals surface area (Å²) in [5.74, 6) is 0.232. The number of phenolic OH excluding ortho intramolecular Hbond substituents is 1. The van der Waals surface area contributed by atoms with Crippen LogP contribution in [0.5, 0.6) is 11.8 Å². The number of hydrogen-bond donors (Lipinski definition) is 2. The lowest BCUT2D eigenvalue weighted by Crippen LogP contribution is -2.43. The van der Waals surface area contributed by atoms with Gasteiger partial charge in [0.2, 0.25) is 5.91 Å². The van der Waals surface area contributed by atoms with E-state index in [2.05, 4.69) is 26.9 Å². The van der Waals surface area contributed by atoms with Crippen LogP contribution in [0.15, 0.2) is 42.6 Å². The van der Waals surface area contributed by atoms with Gasteiger partial charge in [0.15, 0.2) is 5.82 Å². The third-order valence-electron chi connectivity index (χ3n) is 10.6. The number of hydrogen-bond acceptors (Lipinski definition) is 9. The van der Waals surface area contributed by atoms with E-state index >= 15 is 4.39 Å². The number of benzene rings is 2. The number of nitriles is 1. The molecule has 7 rings (SSSR count). The highest BCUT2D eigenvalue weighted by Crippen LogP contribution is 2.42. The van der Waals surface area contributed by atoms with Crippen LogP contribution in [0.3, 0.4) is 0 Å². The number of rotatable bonds is 7. The van der Waals surface area contributed by atoms with E-state index in [0.717, 1.165) is 38.8 Å². The van der Waals surface area contributed by atoms with Crippen LogP contribution in [0.4, 0.5) is 14.6 Å². The third-order valence-corrected chi connectivity index (χ3v) is 10.6. The number of carbonyl (C=O) groups is 1. The van der Waals surface area contributed by atoms with E-state index in [1.807, 2.05) is 11.8 Å². The van der Waals surface area contributed by atoms with Gasteiger partial charge in [-0.05, 0) is 94.1 Å². The molecule has 0 bridgehead atoms. The number of ether oxygens (including phenoxy) is 1. The first-order valence-corrected chi connectivity index (χ1v) is 16.8. The summed E-state index contributed by atoms with van der Waals surface area (Å²) >= 11 is 0. The van der Waals surface area contributed by atoms with Crippen LogP contribution >= 0.6 is 0 Å². The molecule has 256 valence electrons. The molecule has 2 atom stereocenters. The van der Waals surface area contributed by atoms with E-state index in [9.17, 15) is 19.6 Å². The Morgan fingerprint density at radius 1 is 1.20 bits per heavy atom. The topological polar surface area (TPSA) is 141 Å². The normalized spacial score (nSPS) is 22.0. The summed E-state index contributed by atoms with van der Waals surface area (Å²) in [6, 6.07) is 7.82. The Bertz CT molecular complexity index is 2130. The predicted octanol–water partition coefficient (Wildman–Crippen LogP) is 5.61. The molecule has 3 fully saturated rings. The molecule has 5 heterocycles. The molecule has 2 aromatic heterocycles. The van der Waals surface area contributed by atoms with Crippen molar-refractivity contribution in [3.63, 3.8) is 0 Å². The SMILES string of the molecule is C#Cc1c(F)ccc2cc(O)cc(-c3ncc4c(N5CC[C@](C)(C#N)C[C@@H](C=CC(N)=O)C5)nc(OCC56CCCN5CCC6)nc4c3F)c12. The first kappa shape index (κ1) is 33.2. The van der Waals surface area contributed by atoms with Gasteiger partial charge in [0, 0.05) is 30.2 Å². The number of nitrogens with two attached hydrogens (primary N) is 1. The van der Waals surface area contributed by atoms with E-state index in [0.29, 0.717) is 49.1 Å². The summed E-state index contributed by atoms with van der Waals surface area (Å²) in [5.41, 5.74) is 4.37. The van der Waals surface area contributed by atoms with Crippen molar-refractivity contribution in [2.24, 2.45) is 17.1 Å². The number of aromatic nitrogens is 3. The number of anilines is 1. The second-order valence-corrected chi connectivity index (χ2v) is 14.0. The molecule has 1 amide bonds. The Morgan fingerprint density at radius 3 is 2.70 bits per heavy atom. The van der Waals surface area contributed by atoms with Gasteiger partial charge in [-0.2, -0.15) is 15.2 Å². The summed E-state index contributed by atoms with van der Waals surface area (Å²) in [6.07, 6.45) is 15.2. The van der Waals surface area contributed by atoms with Gasteiger partial charge in [-0.25, -0.2) is 8.78 Å². The summed E-state index contributed by atoms with van der Waals surface area (Å²) < 4.78 is 38.3. The van der Waals surface area contributed by atoms with Gasteiger partial charge in [-0.15, -0.1) is 6.42 Å². The minimum absolute atomic E-state index is 0.00989. The van der Waals surface area contributed by atoms with Gasteiger partial charge in [-0.3, -0.25) is 14.7 Å². The fraction of sp³-hybridized carbons (Fsp3) is 0.395. The van der Waals surface area contributed by atoms with Crippen molar-refractivity contribution in [3.05, 3.63) is 59.8 Å². The lowest BCUT2D eigenvalue weighted by atomic mass is 9.80. The average molecular weight is 678 g/mol. The van der Waals surface area contributed by atoms with Crippen molar-refractivity contribution in [2.75, 3.05) is 37.7 Å². The molecule has 0 saturated carbocycles. The molecule has 0 aliphatic carbocycles. The highest BCUT2D eigenvalue weighted by atomic mass is 19.1. The van der Waals surface area contributed by atoms with E-state index in [-0.39, 0.29) is 50.9 Å². The molecule has 0 unspecified atom stereocenters. The lowest BCUT2D eigenvalue weighted by molar-refractivity contribution is -0.113. The van der Waals surface area contributed by atoms with Crippen molar-refractivity contribution in [1.29, 1.82) is 5.26 Å². The quantitative estimate of drug-likeness (QED) is 0.189. The highest BCUT2D eigenvalue weighted by Gasteiger charge is 2.45. The van der Waals surface area contributed by atoms with Crippen LogP contribution < -0.4 is 15.4 Å². The molecular weight excluding hydrogens is 640 g/mol. The Balaban J connectivity index is 1.39. The lowest BCUT2D eigenvalue weighted by Gasteiger charge is -2.31. The maximum Gasteiger partial charge on any atom is 0.319 e. The number of terminal acetylenes is 1. The number of phenols is 1. The van der Waals surface area contributed by atoms with Gasteiger partial charge >= 0.3 is 6.01 Å². The van der Waals surface area contributed by atoms with Crippen molar-refractivity contribution in [3.8, 4) is 41.4 Å². The van der Waals surface area contributed by atoms with Gasteiger partial charge < -0.3 is 20.5 Å². The summed E-state index contributed by atoms with van der Waals surface area (Å²) in [4.78, 5) is 30.0. The molecule has 12 heteroatoms. The number of halogens is 2. The van der Waals surface area contributed by atoms with Gasteiger partial charge in [0.05, 0.1) is 28.0 Å². The molecule has 0 spiro atoms. The first-order valence-electron chi connectivity index (χ1n) is 16.8. The second kappa shape index (κ2) is 12.8. The molecule has 3 saturated heterocycles. The Hall–Kier alpha value is -5.33. The van der Waals surface area contributed by atoms with Crippen LogP contribution in [-0.4, -0.2) is 69.2 Å². The smallest absolute Gasteiger partial charge is 0.319 e. The van der Waals surface area contributed by atoms with Crippen LogP contribution in [0.2, 0.25) is 0 Å². The Kier molecular flexibility index (Phi) is 8.53. The van der Waals surface area contributed by atoms with Gasteiger partial charge in [-0.1, -0.05) is 18.1 Å². The molecule has 2 aromatic carbocycles. The minimum Gasteiger partial charge on any atom is -0.508 e. The van der Waals surface area contributed by atoms with Crippen molar-refractivity contribution in [2.45, 2.75) is 51.0 Å². The van der Waals surface area contributed by atoms with E-state index < -0.39 is 23.0 Å². The van der Waals surface area contributed by atoms with Crippen molar-refractivity contribution < 1.29 is 23.4 Å². The number of nitrogens with zero attached hydrogens (tertiary/aromatic N) is 6. The number of pyridine rings is 1. The molecule has 3 aliphatic heterocycles. The van der Waals surface area contributed by atoms with Crippen molar-refractivity contribution >= 4 is 33.4 Å². The molecule has 3 N–H and O–H groups in total. The van der Waals surface area contributed by atoms with Crippen LogP contribution in [0.25, 0.3) is 32.9 Å². The molecule has 10 nitrogen and oxygen atoms in total. The molecular formula is C38H37F2N7O3. The van der Waals surface area contributed by atoms with Gasteiger partial charge in [0.25, 0.3) is 0 Å². The number of carbonyl (C=O) groups excluding carboxylic acids is 1. The monoisotopic (exact) mass is 677 g/mol. The summed E-state index contributed by atoms with van der Waals surface area (Å²) in [6.45, 7) is 4.98. The zero-order valence-electron chi connectivity index (χ0n) is 27.8. The van der Waals surface area contributed by atoms with Gasteiger partial charge in [0.1, 0.15) is 35.2 Å². The van der Waals surface area contributed by atoms with Crippen molar-refractivity contribution in [1.82, 2.24) is 19.9 Å². The van der Waals surface area contributed by atoms with Crippen LogP contribution in [0, 0.1) is 46.6 Å². The maximum absolute atomic E-state index is 17.0. The number of primary amides is 1. The maximum atomic E-state index is 17.0. The number of fused-ring (bicyclic) bond motifs is 3. The molecule has 0 radical (unpaired) electrons. The molecule has 50 heavy (non-hydrogen) atoms. The first-order chi connectivity index (χ1) is 24.0. The van der Waals surface area contributed by atoms with Crippen LogP contribution in [-0.2, 0) is 4.79 Å². The average Bonchev–Trinajstić information content (AvgIpc) is 3.63. The zero-order chi connectivity index (χ0) is 35.2. The molecule has 3 aliphatic rings. The third kappa shape index (κ3) is 5.94. The summed E-state index contributed by atoms with van der Waals surface area (Å²) in [7, 11) is 0. The predicted molar refractivity (Wildman–Crippen MR) is 185 cm³/mol. The largest absolute Gasteiger partial charge is 0.508 e.